The summed E-state index contributed by atoms with van der Waals surface area (Å²) < 4.78 is 0. The van der Waals surface area contributed by atoms with Crippen LogP contribution in [0.1, 0.15) is 5.56 Å². The Kier molecular flexibility index (Phi) is 4.50. The van der Waals surface area contributed by atoms with Gasteiger partial charge in [0.05, 0.1) is 0 Å². The van der Waals surface area contributed by atoms with Crippen LogP contribution < -0.4 is 4.90 Å². The van der Waals surface area contributed by atoms with Crippen LogP contribution in [0.25, 0.3) is 0 Å². The number of anilines is 1. The summed E-state index contributed by atoms with van der Waals surface area (Å²) >= 11 is 3.48. The smallest absolute Gasteiger partial charge is 0.132 e. The van der Waals surface area contributed by atoms with Gasteiger partial charge in [-0.2, -0.15) is 0 Å². The molecule has 0 atom stereocenters. The van der Waals surface area contributed by atoms with E-state index >= 15 is 0 Å². The van der Waals surface area contributed by atoms with E-state index in [0.29, 0.717) is 0 Å². The summed E-state index contributed by atoms with van der Waals surface area (Å²) in [5, 5.41) is 0.920. The fourth-order valence-electron chi connectivity index (χ4n) is 1.65. The number of benzene rings is 1. The van der Waals surface area contributed by atoms with Crippen LogP contribution in [0.15, 0.2) is 48.9 Å². The first-order valence-electron chi connectivity index (χ1n) is 5.51. The molecule has 0 aliphatic carbocycles. The highest BCUT2D eigenvalue weighted by Gasteiger charge is 2.07. The van der Waals surface area contributed by atoms with E-state index in [2.05, 4.69) is 55.1 Å². The molecule has 17 heavy (non-hydrogen) atoms. The Morgan fingerprint density at radius 2 is 1.94 bits per heavy atom. The third kappa shape index (κ3) is 3.53. The number of alkyl halides is 1. The van der Waals surface area contributed by atoms with Crippen LogP contribution in [-0.2, 0) is 6.54 Å². The van der Waals surface area contributed by atoms with Gasteiger partial charge in [0.2, 0.25) is 0 Å². The predicted molar refractivity (Wildman–Crippen MR) is 73.3 cm³/mol. The lowest BCUT2D eigenvalue weighted by Gasteiger charge is -2.22. The Labute approximate surface area is 110 Å². The molecule has 0 radical (unpaired) electrons. The highest BCUT2D eigenvalue weighted by molar-refractivity contribution is 9.09. The van der Waals surface area contributed by atoms with E-state index in [0.717, 1.165) is 24.2 Å². The molecule has 0 amide bonds. The third-order valence-corrected chi connectivity index (χ3v) is 2.82. The number of nitrogens with zero attached hydrogens (tertiary/aromatic N) is 3. The number of halogens is 1. The lowest BCUT2D eigenvalue weighted by Crippen LogP contribution is -2.25. The zero-order chi connectivity index (χ0) is 11.9. The fourth-order valence-corrected chi connectivity index (χ4v) is 2.08. The van der Waals surface area contributed by atoms with E-state index in [9.17, 15) is 0 Å². The van der Waals surface area contributed by atoms with Gasteiger partial charge in [-0.1, -0.05) is 46.3 Å². The van der Waals surface area contributed by atoms with Crippen LogP contribution in [-0.4, -0.2) is 21.8 Å². The molecule has 0 saturated heterocycles. The van der Waals surface area contributed by atoms with Crippen LogP contribution in [0.3, 0.4) is 0 Å². The van der Waals surface area contributed by atoms with Gasteiger partial charge in [0, 0.05) is 24.6 Å². The zero-order valence-electron chi connectivity index (χ0n) is 9.46. The number of hydrogen-bond donors (Lipinski definition) is 0. The van der Waals surface area contributed by atoms with Gasteiger partial charge >= 0.3 is 0 Å². The standard InChI is InChI=1S/C13H14BrN3/c14-7-9-17(13-6-8-15-11-16-13)10-12-4-2-1-3-5-12/h1-6,8,11H,7,9-10H2. The molecule has 0 spiro atoms. The maximum absolute atomic E-state index is 4.29. The monoisotopic (exact) mass is 291 g/mol. The van der Waals surface area contributed by atoms with Crippen LogP contribution in [0, 0.1) is 0 Å². The van der Waals surface area contributed by atoms with Crippen molar-refractivity contribution in [2.45, 2.75) is 6.54 Å². The first-order chi connectivity index (χ1) is 8.40. The van der Waals surface area contributed by atoms with Gasteiger partial charge in [-0.15, -0.1) is 0 Å². The van der Waals surface area contributed by atoms with E-state index in [-0.39, 0.29) is 0 Å². The molecule has 0 N–H and O–H groups in total. The van der Waals surface area contributed by atoms with E-state index in [1.807, 2.05) is 12.1 Å². The van der Waals surface area contributed by atoms with Gasteiger partial charge in [0.25, 0.3) is 0 Å². The third-order valence-electron chi connectivity index (χ3n) is 2.46. The minimum absolute atomic E-state index is 0.865. The van der Waals surface area contributed by atoms with Crippen molar-refractivity contribution in [3.05, 3.63) is 54.5 Å². The molecule has 0 unspecified atom stereocenters. The second-order valence-electron chi connectivity index (χ2n) is 3.66. The highest BCUT2D eigenvalue weighted by Crippen LogP contribution is 2.13. The van der Waals surface area contributed by atoms with Crippen molar-refractivity contribution in [3.63, 3.8) is 0 Å². The summed E-state index contributed by atoms with van der Waals surface area (Å²) in [5.74, 6) is 0.961. The quantitative estimate of drug-likeness (QED) is 0.793. The van der Waals surface area contributed by atoms with E-state index in [1.54, 1.807) is 12.5 Å². The second kappa shape index (κ2) is 6.35. The first-order valence-corrected chi connectivity index (χ1v) is 6.63. The van der Waals surface area contributed by atoms with Crippen molar-refractivity contribution >= 4 is 21.7 Å². The summed E-state index contributed by atoms with van der Waals surface area (Å²) in [6, 6.07) is 12.3. The largest absolute Gasteiger partial charge is 0.351 e. The van der Waals surface area contributed by atoms with Crippen molar-refractivity contribution in [2.75, 3.05) is 16.8 Å². The van der Waals surface area contributed by atoms with Gasteiger partial charge in [-0.3, -0.25) is 0 Å². The summed E-state index contributed by atoms with van der Waals surface area (Å²) in [7, 11) is 0. The lowest BCUT2D eigenvalue weighted by atomic mass is 10.2. The normalized spacial score (nSPS) is 10.2. The Bertz CT molecular complexity index is 433. The molecule has 0 fully saturated rings. The molecule has 2 rings (SSSR count). The Hall–Kier alpha value is -1.42. The molecule has 1 aromatic carbocycles. The van der Waals surface area contributed by atoms with Crippen molar-refractivity contribution in [1.82, 2.24) is 9.97 Å². The number of aromatic nitrogens is 2. The predicted octanol–water partition coefficient (Wildman–Crippen LogP) is 2.88. The summed E-state index contributed by atoms with van der Waals surface area (Å²) in [6.07, 6.45) is 3.36. The summed E-state index contributed by atoms with van der Waals surface area (Å²) in [5.41, 5.74) is 1.28. The van der Waals surface area contributed by atoms with Gasteiger partial charge in [0.15, 0.2) is 0 Å². The molecule has 0 saturated carbocycles. The van der Waals surface area contributed by atoms with Crippen molar-refractivity contribution in [1.29, 1.82) is 0 Å². The van der Waals surface area contributed by atoms with Crippen molar-refractivity contribution in [3.8, 4) is 0 Å². The van der Waals surface area contributed by atoms with Gasteiger partial charge < -0.3 is 4.90 Å². The zero-order valence-corrected chi connectivity index (χ0v) is 11.0. The summed E-state index contributed by atoms with van der Waals surface area (Å²) in [4.78, 5) is 10.5. The molecule has 88 valence electrons. The number of rotatable bonds is 5. The highest BCUT2D eigenvalue weighted by atomic mass is 79.9. The van der Waals surface area contributed by atoms with Crippen LogP contribution in [0.5, 0.6) is 0 Å². The molecule has 2 aromatic rings. The molecule has 1 aromatic heterocycles. The molecule has 3 nitrogen and oxygen atoms in total. The lowest BCUT2D eigenvalue weighted by molar-refractivity contribution is 0.817. The maximum Gasteiger partial charge on any atom is 0.132 e. The average Bonchev–Trinajstić information content (AvgIpc) is 2.40. The molecule has 0 aliphatic heterocycles. The molecule has 0 aliphatic rings. The topological polar surface area (TPSA) is 29.0 Å². The van der Waals surface area contributed by atoms with Crippen LogP contribution in [0.4, 0.5) is 5.82 Å². The Morgan fingerprint density at radius 1 is 1.12 bits per heavy atom. The van der Waals surface area contributed by atoms with Crippen LogP contribution >= 0.6 is 15.9 Å². The molecule has 0 bridgehead atoms. The average molecular weight is 292 g/mol. The Morgan fingerprint density at radius 3 is 2.59 bits per heavy atom. The van der Waals surface area contributed by atoms with Crippen LogP contribution in [0.2, 0.25) is 0 Å². The molecule has 4 heteroatoms. The van der Waals surface area contributed by atoms with Crippen molar-refractivity contribution in [2.24, 2.45) is 0 Å². The van der Waals surface area contributed by atoms with Gasteiger partial charge in [-0.05, 0) is 11.6 Å². The van der Waals surface area contributed by atoms with Gasteiger partial charge in [-0.25, -0.2) is 9.97 Å². The van der Waals surface area contributed by atoms with E-state index in [4.69, 9.17) is 0 Å². The number of hydrogen-bond acceptors (Lipinski definition) is 3. The summed E-state index contributed by atoms with van der Waals surface area (Å²) in [6.45, 7) is 1.79. The van der Waals surface area contributed by atoms with E-state index < -0.39 is 0 Å². The van der Waals surface area contributed by atoms with Gasteiger partial charge in [0.1, 0.15) is 12.1 Å². The molecular formula is C13H14BrN3. The molecule has 1 heterocycles. The SMILES string of the molecule is BrCCN(Cc1ccccc1)c1ccncn1. The fraction of sp³-hybridized carbons (Fsp3) is 0.231. The first kappa shape index (κ1) is 12.0. The minimum atomic E-state index is 0.865. The maximum atomic E-state index is 4.29. The molecular weight excluding hydrogens is 278 g/mol. The van der Waals surface area contributed by atoms with Crippen molar-refractivity contribution < 1.29 is 0 Å². The minimum Gasteiger partial charge on any atom is -0.351 e. The second-order valence-corrected chi connectivity index (χ2v) is 4.46. The van der Waals surface area contributed by atoms with E-state index in [1.165, 1.54) is 5.56 Å². The Balaban J connectivity index is 2.13.